The van der Waals surface area contributed by atoms with E-state index in [1.54, 1.807) is 97.3 Å². The van der Waals surface area contributed by atoms with Crippen molar-refractivity contribution < 1.29 is 43.5 Å². The Balaban J connectivity index is 0.906. The van der Waals surface area contributed by atoms with Crippen molar-refractivity contribution >= 4 is 58.6 Å². The van der Waals surface area contributed by atoms with Gasteiger partial charge in [0.2, 0.25) is 17.8 Å². The summed E-state index contributed by atoms with van der Waals surface area (Å²) in [6, 6.07) is 21.9. The van der Waals surface area contributed by atoms with Crippen LogP contribution < -0.4 is 40.1 Å². The maximum atomic E-state index is 15.4. The number of benzene rings is 3. The molecule has 6 aliphatic rings. The summed E-state index contributed by atoms with van der Waals surface area (Å²) < 4.78 is 23.2. The standard InChI is InChI=1S/C59H70N16O9/c1-39-37-83-33-29-72(39)55-64-51(65-56(67-55)73-48(35-76)16-17-49(73)36-77)41-6-12-46(13-7-41)74(58(79)61-44-10-4-43(5-11-44)53(78)70-25-23-69(24-26-70)34-40-2-3-40)75(59(80)62-45-18-21-60-22-19-45)47-14-8-42(9-15-47)52-63-54(71-27-31-81-32-28-71)68-57(66-52)84-50-20-30-82-38-50/h4-15,18-19,21-22,39-40,48-50,76-77H,2-3,16-17,20,23-38H2,1H3,(H,61,79)(H,60,62,80). The number of aliphatic hydroxyl groups is 2. The Bertz CT molecular complexity index is 3210. The number of amides is 5. The first-order valence-corrected chi connectivity index (χ1v) is 29.0. The lowest BCUT2D eigenvalue weighted by Crippen LogP contribution is -2.54. The molecule has 3 aromatic heterocycles. The Morgan fingerprint density at radius 2 is 1.18 bits per heavy atom. The third kappa shape index (κ3) is 12.9. The molecule has 0 spiro atoms. The molecule has 0 bridgehead atoms. The molecular formula is C59H70N16O9. The Morgan fingerprint density at radius 3 is 1.77 bits per heavy atom. The van der Waals surface area contributed by atoms with Gasteiger partial charge < -0.3 is 59.4 Å². The van der Waals surface area contributed by atoms with Gasteiger partial charge >= 0.3 is 18.1 Å². The quantitative estimate of drug-likeness (QED) is 0.0908. The maximum Gasteiger partial charge on any atom is 0.345 e. The minimum Gasteiger partial charge on any atom is -0.457 e. The zero-order valence-corrected chi connectivity index (χ0v) is 47.0. The van der Waals surface area contributed by atoms with Crippen molar-refractivity contribution in [3.63, 3.8) is 0 Å². The summed E-state index contributed by atoms with van der Waals surface area (Å²) >= 11 is 0. The number of morpholine rings is 2. The van der Waals surface area contributed by atoms with Crippen molar-refractivity contribution in [2.24, 2.45) is 5.92 Å². The summed E-state index contributed by atoms with van der Waals surface area (Å²) in [5.41, 5.74) is 2.96. The van der Waals surface area contributed by atoms with E-state index in [-0.39, 0.29) is 60.7 Å². The Hall–Kier alpha value is -8.20. The van der Waals surface area contributed by atoms with Gasteiger partial charge in [0.05, 0.1) is 82.4 Å². The van der Waals surface area contributed by atoms with Gasteiger partial charge in [-0.2, -0.15) is 39.9 Å². The van der Waals surface area contributed by atoms with Crippen LogP contribution in [0.25, 0.3) is 22.8 Å². The van der Waals surface area contributed by atoms with E-state index in [0.29, 0.717) is 149 Å². The molecule has 5 aliphatic heterocycles. The number of carbonyl (C=O) groups is 3. The monoisotopic (exact) mass is 1150 g/mol. The van der Waals surface area contributed by atoms with E-state index >= 15 is 9.59 Å². The van der Waals surface area contributed by atoms with Crippen LogP contribution in [0.3, 0.4) is 0 Å². The molecule has 6 aromatic rings. The predicted molar refractivity (Wildman–Crippen MR) is 313 cm³/mol. The smallest absolute Gasteiger partial charge is 0.345 e. The highest BCUT2D eigenvalue weighted by Crippen LogP contribution is 2.35. The zero-order valence-electron chi connectivity index (χ0n) is 47.0. The number of urea groups is 2. The minimum absolute atomic E-state index is 0.0574. The van der Waals surface area contributed by atoms with Gasteiger partial charge in [0, 0.05) is 99.2 Å². The number of aromatic nitrogens is 7. The Kier molecular flexibility index (Phi) is 17.3. The molecule has 4 N–H and O–H groups in total. The van der Waals surface area contributed by atoms with Crippen molar-refractivity contribution in [2.75, 3.05) is 141 Å². The van der Waals surface area contributed by atoms with Crippen molar-refractivity contribution in [1.29, 1.82) is 0 Å². The number of piperazine rings is 1. The third-order valence-corrected chi connectivity index (χ3v) is 16.1. The number of pyridine rings is 1. The lowest BCUT2D eigenvalue weighted by Gasteiger charge is -2.35. The minimum atomic E-state index is -0.724. The van der Waals surface area contributed by atoms with Crippen LogP contribution in [0.5, 0.6) is 6.01 Å². The number of ether oxygens (including phenoxy) is 4. The van der Waals surface area contributed by atoms with Crippen LogP contribution in [0.4, 0.5) is 50.2 Å². The topological polar surface area (TPSA) is 266 Å². The number of nitrogens with zero attached hydrogens (tertiary/aromatic N) is 14. The summed E-state index contributed by atoms with van der Waals surface area (Å²) in [6.07, 6.45) is 7.43. The van der Waals surface area contributed by atoms with E-state index in [4.69, 9.17) is 48.9 Å². The molecule has 25 nitrogen and oxygen atoms in total. The SMILES string of the molecule is CC1COCCN1c1nc(-c2ccc(N(C(=O)Nc3ccc(C(=O)N4CCN(CC5CC5)CC4)cc3)N(C(=O)Nc3ccncc3)c3ccc(-c4nc(OC5CCOC5)nc(N5CCOCC5)n4)cc3)cc2)nc(N2C(CO)CCC2CO)n1. The second-order valence-electron chi connectivity index (χ2n) is 21.9. The maximum absolute atomic E-state index is 15.4. The Morgan fingerprint density at radius 1 is 0.595 bits per heavy atom. The lowest BCUT2D eigenvalue weighted by atomic mass is 10.1. The van der Waals surface area contributed by atoms with Gasteiger partial charge in [-0.15, -0.1) is 0 Å². The number of hydrogen-bond donors (Lipinski definition) is 4. The number of rotatable bonds is 16. The van der Waals surface area contributed by atoms with E-state index in [1.807, 2.05) is 21.6 Å². The van der Waals surface area contributed by atoms with Crippen molar-refractivity contribution in [3.05, 3.63) is 103 Å². The van der Waals surface area contributed by atoms with Gasteiger partial charge in [0.1, 0.15) is 6.10 Å². The van der Waals surface area contributed by atoms with Crippen LogP contribution in [-0.2, 0) is 14.2 Å². The van der Waals surface area contributed by atoms with Gasteiger partial charge in [0.25, 0.3) is 5.91 Å². The average molecular weight is 1150 g/mol. The number of aliphatic hydroxyl groups excluding tert-OH is 2. The Labute approximate surface area is 486 Å². The molecule has 1 aliphatic carbocycles. The average Bonchev–Trinajstić information content (AvgIpc) is 3.47. The molecule has 6 fully saturated rings. The molecule has 12 rings (SSSR count). The first-order chi connectivity index (χ1) is 41.1. The molecule has 25 heteroatoms. The molecule has 4 unspecified atom stereocenters. The number of hydrazine groups is 1. The van der Waals surface area contributed by atoms with Crippen LogP contribution in [0.2, 0.25) is 0 Å². The highest BCUT2D eigenvalue weighted by atomic mass is 16.6. The van der Waals surface area contributed by atoms with Crippen molar-refractivity contribution in [2.45, 2.75) is 63.3 Å². The summed E-state index contributed by atoms with van der Waals surface area (Å²) in [4.78, 5) is 88.0. The first-order valence-electron chi connectivity index (χ1n) is 29.0. The molecule has 0 radical (unpaired) electrons. The molecule has 4 atom stereocenters. The van der Waals surface area contributed by atoms with Gasteiger partial charge in [-0.3, -0.25) is 14.7 Å². The van der Waals surface area contributed by atoms with E-state index in [1.165, 1.54) is 22.9 Å². The van der Waals surface area contributed by atoms with Gasteiger partial charge in [-0.1, -0.05) is 0 Å². The zero-order chi connectivity index (χ0) is 57.5. The molecule has 5 amide bonds. The third-order valence-electron chi connectivity index (χ3n) is 16.1. The summed E-state index contributed by atoms with van der Waals surface area (Å²) in [5.74, 6) is 2.51. The molecule has 84 heavy (non-hydrogen) atoms. The number of hydrogen-bond acceptors (Lipinski definition) is 20. The van der Waals surface area contributed by atoms with Crippen LogP contribution in [0, 0.1) is 5.92 Å². The van der Waals surface area contributed by atoms with Crippen LogP contribution in [-0.4, -0.2) is 202 Å². The summed E-state index contributed by atoms with van der Waals surface area (Å²) in [5, 5.41) is 29.4. The highest BCUT2D eigenvalue weighted by Gasteiger charge is 2.37. The number of anilines is 7. The van der Waals surface area contributed by atoms with Crippen LogP contribution >= 0.6 is 0 Å². The molecule has 3 aromatic carbocycles. The van der Waals surface area contributed by atoms with Crippen molar-refractivity contribution in [1.82, 2.24) is 44.7 Å². The fourth-order valence-electron chi connectivity index (χ4n) is 11.2. The second-order valence-corrected chi connectivity index (χ2v) is 21.9. The normalized spacial score (nSPS) is 21.1. The van der Waals surface area contributed by atoms with Gasteiger partial charge in [0.15, 0.2) is 11.6 Å². The van der Waals surface area contributed by atoms with Crippen LogP contribution in [0.1, 0.15) is 49.4 Å². The molecule has 440 valence electrons. The fraction of sp³-hybridized carbons (Fsp3) is 0.458. The molecule has 5 saturated heterocycles. The van der Waals surface area contributed by atoms with Crippen LogP contribution in [0.15, 0.2) is 97.3 Å². The fourth-order valence-corrected chi connectivity index (χ4v) is 11.2. The summed E-state index contributed by atoms with van der Waals surface area (Å²) in [7, 11) is 0. The molecule has 8 heterocycles. The van der Waals surface area contributed by atoms with E-state index < -0.39 is 12.1 Å². The van der Waals surface area contributed by atoms with Crippen molar-refractivity contribution in [3.8, 4) is 28.8 Å². The summed E-state index contributed by atoms with van der Waals surface area (Å²) in [6.45, 7) is 10.4. The molecular weight excluding hydrogens is 1080 g/mol. The number of carbonyl (C=O) groups excluding carboxylic acids is 3. The van der Waals surface area contributed by atoms with E-state index in [9.17, 15) is 15.0 Å². The van der Waals surface area contributed by atoms with Gasteiger partial charge in [-0.05, 0) is 123 Å². The number of nitrogens with one attached hydrogen (secondary N) is 2. The lowest BCUT2D eigenvalue weighted by molar-refractivity contribution is 0.0632. The van der Waals surface area contributed by atoms with Gasteiger partial charge in [-0.25, -0.2) is 9.59 Å². The van der Waals surface area contributed by atoms with E-state index in [2.05, 4.69) is 25.4 Å². The largest absolute Gasteiger partial charge is 0.457 e. The predicted octanol–water partition coefficient (Wildman–Crippen LogP) is 5.20. The van der Waals surface area contributed by atoms with E-state index in [0.717, 1.165) is 25.6 Å². The first kappa shape index (κ1) is 56.3. The second kappa shape index (κ2) is 25.7. The highest BCUT2D eigenvalue weighted by molar-refractivity contribution is 6.13. The molecule has 1 saturated carbocycles.